The van der Waals surface area contributed by atoms with Crippen molar-refractivity contribution >= 4 is 22.9 Å². The van der Waals surface area contributed by atoms with Crippen LogP contribution in [0, 0.1) is 0 Å². The van der Waals surface area contributed by atoms with E-state index in [1.165, 1.54) is 11.8 Å². The topological polar surface area (TPSA) is 50.7 Å². The molecule has 0 aromatic rings. The normalized spacial score (nSPS) is 11.6. The zero-order valence-electron chi connectivity index (χ0n) is 7.75. The fourth-order valence-electron chi connectivity index (χ4n) is 0.405. The van der Waals surface area contributed by atoms with Crippen LogP contribution in [-0.2, 0) is 4.84 Å². The van der Waals surface area contributed by atoms with E-state index in [0.29, 0.717) is 5.04 Å². The molecule has 0 aliphatic carbocycles. The molecular formula is C7H14N2O2S. The third-order valence-electron chi connectivity index (χ3n) is 0.959. The molecule has 5 heteroatoms. The summed E-state index contributed by atoms with van der Waals surface area (Å²) in [6, 6.07) is 0.0716. The Labute approximate surface area is 76.7 Å². The number of thioether (sulfide) groups is 1. The molecule has 0 spiro atoms. The van der Waals surface area contributed by atoms with Crippen molar-refractivity contribution in [3.05, 3.63) is 0 Å². The lowest BCUT2D eigenvalue weighted by Crippen LogP contribution is -2.29. The van der Waals surface area contributed by atoms with Crippen LogP contribution in [0.4, 0.5) is 4.79 Å². The lowest BCUT2D eigenvalue weighted by atomic mass is 10.4. The van der Waals surface area contributed by atoms with Gasteiger partial charge in [0.2, 0.25) is 0 Å². The molecule has 1 amide bonds. The first-order valence-electron chi connectivity index (χ1n) is 3.62. The largest absolute Gasteiger partial charge is 0.433 e. The fraction of sp³-hybridized carbons (Fsp3) is 0.714. The summed E-state index contributed by atoms with van der Waals surface area (Å²) in [5, 5.41) is 6.82. The zero-order valence-corrected chi connectivity index (χ0v) is 8.57. The lowest BCUT2D eigenvalue weighted by Gasteiger charge is -2.04. The molecule has 0 aliphatic rings. The van der Waals surface area contributed by atoms with Crippen molar-refractivity contribution in [2.24, 2.45) is 5.16 Å². The minimum absolute atomic E-state index is 0.0716. The van der Waals surface area contributed by atoms with Crippen molar-refractivity contribution in [3.8, 4) is 0 Å². The van der Waals surface area contributed by atoms with Gasteiger partial charge in [-0.2, -0.15) is 0 Å². The molecule has 0 rings (SSSR count). The molecule has 0 heterocycles. The number of carbonyl (C=O) groups is 1. The second-order valence-electron chi connectivity index (χ2n) is 2.49. The van der Waals surface area contributed by atoms with Gasteiger partial charge in [-0.1, -0.05) is 5.16 Å². The van der Waals surface area contributed by atoms with Gasteiger partial charge in [-0.15, -0.1) is 11.8 Å². The predicted molar refractivity (Wildman–Crippen MR) is 51.4 cm³/mol. The van der Waals surface area contributed by atoms with Gasteiger partial charge in [0.1, 0.15) is 5.04 Å². The smallest absolute Gasteiger partial charge is 0.317 e. The van der Waals surface area contributed by atoms with Crippen LogP contribution in [0.1, 0.15) is 20.8 Å². The van der Waals surface area contributed by atoms with Crippen LogP contribution in [-0.4, -0.2) is 23.4 Å². The first-order chi connectivity index (χ1) is 5.56. The highest BCUT2D eigenvalue weighted by Crippen LogP contribution is 1.96. The molecule has 0 aliphatic heterocycles. The standard InChI is InChI=1S/C7H14N2O2S/c1-5(2)8-7(10)11-9-6(3)12-4/h5H,1-4H3,(H,8,10)/b9-6-. The molecule has 0 bridgehead atoms. The Hall–Kier alpha value is -0.710. The zero-order chi connectivity index (χ0) is 9.56. The first kappa shape index (κ1) is 11.3. The van der Waals surface area contributed by atoms with Gasteiger partial charge >= 0.3 is 6.09 Å². The maximum absolute atomic E-state index is 10.8. The second-order valence-corrected chi connectivity index (χ2v) is 3.49. The van der Waals surface area contributed by atoms with E-state index in [1.54, 1.807) is 6.92 Å². The third kappa shape index (κ3) is 6.03. The Kier molecular flexibility index (Phi) is 5.53. The number of nitrogens with zero attached hydrogens (tertiary/aromatic N) is 1. The Morgan fingerprint density at radius 3 is 2.58 bits per heavy atom. The molecule has 0 unspecified atom stereocenters. The molecule has 0 aromatic heterocycles. The van der Waals surface area contributed by atoms with E-state index in [-0.39, 0.29) is 6.04 Å². The summed E-state index contributed by atoms with van der Waals surface area (Å²) in [6.45, 7) is 5.48. The van der Waals surface area contributed by atoms with Crippen LogP contribution in [0.5, 0.6) is 0 Å². The predicted octanol–water partition coefficient (Wildman–Crippen LogP) is 1.82. The summed E-state index contributed by atoms with van der Waals surface area (Å²) in [4.78, 5) is 15.3. The molecule has 0 fully saturated rings. The van der Waals surface area contributed by atoms with Crippen molar-refractivity contribution in [1.29, 1.82) is 0 Å². The van der Waals surface area contributed by atoms with E-state index in [2.05, 4.69) is 15.3 Å². The number of nitrogens with one attached hydrogen (secondary N) is 1. The summed E-state index contributed by atoms with van der Waals surface area (Å²) < 4.78 is 0. The van der Waals surface area contributed by atoms with Crippen LogP contribution < -0.4 is 5.32 Å². The average molecular weight is 190 g/mol. The Balaban J connectivity index is 3.71. The minimum Gasteiger partial charge on any atom is -0.317 e. The number of hydrogen-bond acceptors (Lipinski definition) is 4. The van der Waals surface area contributed by atoms with E-state index < -0.39 is 6.09 Å². The molecule has 0 radical (unpaired) electrons. The maximum atomic E-state index is 10.8. The summed E-state index contributed by atoms with van der Waals surface area (Å²) in [7, 11) is 0. The van der Waals surface area contributed by atoms with E-state index >= 15 is 0 Å². The van der Waals surface area contributed by atoms with Gasteiger partial charge < -0.3 is 5.32 Å². The van der Waals surface area contributed by atoms with Crippen molar-refractivity contribution in [1.82, 2.24) is 5.32 Å². The number of hydrogen-bond donors (Lipinski definition) is 1. The van der Waals surface area contributed by atoms with Gasteiger partial charge in [0.05, 0.1) is 0 Å². The number of oxime groups is 1. The minimum atomic E-state index is -0.515. The maximum Gasteiger partial charge on any atom is 0.433 e. The quantitative estimate of drug-likeness (QED) is 0.313. The van der Waals surface area contributed by atoms with Crippen molar-refractivity contribution in [2.45, 2.75) is 26.8 Å². The highest BCUT2D eigenvalue weighted by Gasteiger charge is 2.02. The fourth-order valence-corrected chi connectivity index (χ4v) is 0.517. The van der Waals surface area contributed by atoms with Crippen LogP contribution in [0.2, 0.25) is 0 Å². The Morgan fingerprint density at radius 1 is 1.58 bits per heavy atom. The van der Waals surface area contributed by atoms with Gasteiger partial charge in [-0.25, -0.2) is 4.79 Å². The Morgan fingerprint density at radius 2 is 2.17 bits per heavy atom. The summed E-state index contributed by atoms with van der Waals surface area (Å²) >= 11 is 1.43. The second kappa shape index (κ2) is 5.88. The molecule has 0 saturated heterocycles. The van der Waals surface area contributed by atoms with E-state index in [4.69, 9.17) is 0 Å². The molecule has 12 heavy (non-hydrogen) atoms. The summed E-state index contributed by atoms with van der Waals surface area (Å²) in [5.41, 5.74) is 0. The number of carbonyl (C=O) groups excluding carboxylic acids is 1. The molecule has 0 aromatic carbocycles. The van der Waals surface area contributed by atoms with Crippen LogP contribution in [0.3, 0.4) is 0 Å². The van der Waals surface area contributed by atoms with Gasteiger partial charge in [0.15, 0.2) is 0 Å². The van der Waals surface area contributed by atoms with Crippen LogP contribution in [0.25, 0.3) is 0 Å². The Bertz CT molecular complexity index is 180. The van der Waals surface area contributed by atoms with E-state index in [1.807, 2.05) is 20.1 Å². The summed E-state index contributed by atoms with van der Waals surface area (Å²) in [5.74, 6) is 0. The van der Waals surface area contributed by atoms with Crippen molar-refractivity contribution in [3.63, 3.8) is 0 Å². The van der Waals surface area contributed by atoms with Crippen molar-refractivity contribution in [2.75, 3.05) is 6.26 Å². The molecule has 0 saturated carbocycles. The molecule has 70 valence electrons. The first-order valence-corrected chi connectivity index (χ1v) is 4.84. The van der Waals surface area contributed by atoms with Gasteiger partial charge in [0.25, 0.3) is 0 Å². The van der Waals surface area contributed by atoms with E-state index in [9.17, 15) is 4.79 Å². The average Bonchev–Trinajstić information content (AvgIpc) is 1.99. The summed E-state index contributed by atoms with van der Waals surface area (Å²) in [6.07, 6.45) is 1.35. The third-order valence-corrected chi connectivity index (χ3v) is 1.62. The van der Waals surface area contributed by atoms with E-state index in [0.717, 1.165) is 0 Å². The lowest BCUT2D eigenvalue weighted by molar-refractivity contribution is 0.148. The van der Waals surface area contributed by atoms with Crippen molar-refractivity contribution < 1.29 is 9.63 Å². The molecule has 4 nitrogen and oxygen atoms in total. The molecule has 1 N–H and O–H groups in total. The molecular weight excluding hydrogens is 176 g/mol. The van der Waals surface area contributed by atoms with Gasteiger partial charge in [0, 0.05) is 6.04 Å². The SMILES string of the molecule is CS/C(C)=N\OC(=O)NC(C)C. The van der Waals surface area contributed by atoms with Crippen LogP contribution in [0.15, 0.2) is 5.16 Å². The number of rotatable bonds is 2. The number of amides is 1. The molecule has 0 atom stereocenters. The van der Waals surface area contributed by atoms with Gasteiger partial charge in [-0.3, -0.25) is 4.84 Å². The monoisotopic (exact) mass is 190 g/mol. The van der Waals surface area contributed by atoms with Crippen LogP contribution >= 0.6 is 11.8 Å². The highest BCUT2D eigenvalue weighted by atomic mass is 32.2. The highest BCUT2D eigenvalue weighted by molar-refractivity contribution is 8.13. The van der Waals surface area contributed by atoms with Gasteiger partial charge in [-0.05, 0) is 27.0 Å².